The Labute approximate surface area is 202 Å². The van der Waals surface area contributed by atoms with E-state index in [1.54, 1.807) is 7.11 Å². The molecule has 1 aliphatic heterocycles. The summed E-state index contributed by atoms with van der Waals surface area (Å²) in [6.07, 6.45) is 1.85. The first-order valence-electron chi connectivity index (χ1n) is 10.8. The second kappa shape index (κ2) is 9.85. The van der Waals surface area contributed by atoms with Crippen LogP contribution in [0.25, 0.3) is 16.8 Å². The van der Waals surface area contributed by atoms with E-state index in [1.807, 2.05) is 72.8 Å². The zero-order valence-corrected chi connectivity index (χ0v) is 19.3. The third-order valence-corrected chi connectivity index (χ3v) is 6.32. The molecule has 0 radical (unpaired) electrons. The van der Waals surface area contributed by atoms with Gasteiger partial charge in [-0.1, -0.05) is 54.6 Å². The highest BCUT2D eigenvalue weighted by atomic mass is 32.2. The van der Waals surface area contributed by atoms with Crippen molar-refractivity contribution in [2.24, 2.45) is 4.99 Å². The molecular formula is C28H22N2O3S. The highest BCUT2D eigenvalue weighted by Crippen LogP contribution is 2.29. The molecule has 0 atom stereocenters. The standard InChI is InChI=1S/C28H22N2O3S/c1-32-23-15-11-22(12-16-23)29-28-30-27(31)26(34-28)17-19-9-13-24(14-10-19)33-18-21-7-4-6-20-5-2-3-8-25(20)21/h2-17H,18H2,1H3,(H,29,30,31). The lowest BCUT2D eigenvalue weighted by Gasteiger charge is -2.09. The van der Waals surface area contributed by atoms with Crippen LogP contribution in [0.3, 0.4) is 0 Å². The number of carbonyl (C=O) groups is 1. The Hall–Kier alpha value is -4.03. The fourth-order valence-electron chi connectivity index (χ4n) is 3.65. The molecule has 0 aromatic heterocycles. The summed E-state index contributed by atoms with van der Waals surface area (Å²) in [7, 11) is 1.62. The molecular weight excluding hydrogens is 444 g/mol. The Morgan fingerprint density at radius 1 is 0.882 bits per heavy atom. The van der Waals surface area contributed by atoms with E-state index in [9.17, 15) is 4.79 Å². The molecule has 1 fully saturated rings. The van der Waals surface area contributed by atoms with Crippen LogP contribution in [0.5, 0.6) is 11.5 Å². The van der Waals surface area contributed by atoms with E-state index in [1.165, 1.54) is 22.5 Å². The molecule has 0 aliphatic carbocycles. The van der Waals surface area contributed by atoms with Crippen molar-refractivity contribution in [3.8, 4) is 11.5 Å². The van der Waals surface area contributed by atoms with Crippen LogP contribution >= 0.6 is 11.8 Å². The predicted octanol–water partition coefficient (Wildman–Crippen LogP) is 6.32. The fourth-order valence-corrected chi connectivity index (χ4v) is 4.49. The summed E-state index contributed by atoms with van der Waals surface area (Å²) in [4.78, 5) is 17.5. The monoisotopic (exact) mass is 466 g/mol. The van der Waals surface area contributed by atoms with Crippen molar-refractivity contribution >= 4 is 45.4 Å². The van der Waals surface area contributed by atoms with E-state index in [0.29, 0.717) is 16.7 Å². The van der Waals surface area contributed by atoms with Gasteiger partial charge in [-0.3, -0.25) is 4.79 Å². The number of amides is 1. The molecule has 4 aromatic rings. The van der Waals surface area contributed by atoms with Gasteiger partial charge in [-0.25, -0.2) is 4.99 Å². The van der Waals surface area contributed by atoms with Crippen LogP contribution in [-0.2, 0) is 11.4 Å². The second-order valence-electron chi connectivity index (χ2n) is 7.68. The molecule has 4 aromatic carbocycles. The average molecular weight is 467 g/mol. The summed E-state index contributed by atoms with van der Waals surface area (Å²) >= 11 is 1.32. The number of hydrogen-bond donors (Lipinski definition) is 1. The van der Waals surface area contributed by atoms with Crippen LogP contribution in [0.1, 0.15) is 11.1 Å². The van der Waals surface area contributed by atoms with Gasteiger partial charge in [0.05, 0.1) is 17.7 Å². The van der Waals surface area contributed by atoms with E-state index in [0.717, 1.165) is 28.3 Å². The summed E-state index contributed by atoms with van der Waals surface area (Å²) in [5, 5.41) is 5.77. The van der Waals surface area contributed by atoms with Crippen molar-refractivity contribution < 1.29 is 14.3 Å². The van der Waals surface area contributed by atoms with Crippen molar-refractivity contribution in [1.82, 2.24) is 5.32 Å². The quantitative estimate of drug-likeness (QED) is 0.338. The molecule has 5 rings (SSSR count). The molecule has 168 valence electrons. The van der Waals surface area contributed by atoms with E-state index in [4.69, 9.17) is 9.47 Å². The van der Waals surface area contributed by atoms with Gasteiger partial charge < -0.3 is 14.8 Å². The molecule has 1 N–H and O–H groups in total. The minimum atomic E-state index is -0.159. The maximum Gasteiger partial charge on any atom is 0.264 e. The van der Waals surface area contributed by atoms with E-state index < -0.39 is 0 Å². The Kier molecular flexibility index (Phi) is 6.31. The predicted molar refractivity (Wildman–Crippen MR) is 139 cm³/mol. The molecule has 0 spiro atoms. The van der Waals surface area contributed by atoms with Gasteiger partial charge in [0.1, 0.15) is 18.1 Å². The van der Waals surface area contributed by atoms with Crippen LogP contribution in [0.4, 0.5) is 5.69 Å². The third-order valence-electron chi connectivity index (χ3n) is 5.41. The molecule has 0 saturated carbocycles. The Morgan fingerprint density at radius 2 is 1.62 bits per heavy atom. The van der Waals surface area contributed by atoms with Gasteiger partial charge in [0.15, 0.2) is 5.17 Å². The number of nitrogens with zero attached hydrogens (tertiary/aromatic N) is 1. The molecule has 6 heteroatoms. The van der Waals surface area contributed by atoms with Crippen LogP contribution in [-0.4, -0.2) is 18.2 Å². The summed E-state index contributed by atoms with van der Waals surface area (Å²) in [6, 6.07) is 29.6. The van der Waals surface area contributed by atoms with Crippen LogP contribution in [0.15, 0.2) is 101 Å². The van der Waals surface area contributed by atoms with Gasteiger partial charge in [0, 0.05) is 0 Å². The zero-order chi connectivity index (χ0) is 23.3. The molecule has 1 aliphatic rings. The van der Waals surface area contributed by atoms with Crippen molar-refractivity contribution in [1.29, 1.82) is 0 Å². The topological polar surface area (TPSA) is 59.9 Å². The molecule has 0 bridgehead atoms. The molecule has 1 saturated heterocycles. The molecule has 0 unspecified atom stereocenters. The lowest BCUT2D eigenvalue weighted by molar-refractivity contribution is -0.115. The van der Waals surface area contributed by atoms with Crippen molar-refractivity contribution in [2.75, 3.05) is 7.11 Å². The second-order valence-corrected chi connectivity index (χ2v) is 8.71. The van der Waals surface area contributed by atoms with E-state index in [-0.39, 0.29) is 5.91 Å². The van der Waals surface area contributed by atoms with Gasteiger partial charge in [0.2, 0.25) is 0 Å². The number of rotatable bonds is 6. The number of hydrogen-bond acceptors (Lipinski definition) is 5. The van der Waals surface area contributed by atoms with Gasteiger partial charge in [-0.2, -0.15) is 0 Å². The Balaban J connectivity index is 1.24. The number of nitrogens with one attached hydrogen (secondary N) is 1. The first-order chi connectivity index (χ1) is 16.7. The van der Waals surface area contributed by atoms with Crippen LogP contribution in [0.2, 0.25) is 0 Å². The minimum Gasteiger partial charge on any atom is -0.497 e. The summed E-state index contributed by atoms with van der Waals surface area (Å²) < 4.78 is 11.2. The van der Waals surface area contributed by atoms with Crippen molar-refractivity contribution in [3.05, 3.63) is 107 Å². The number of amidine groups is 1. The van der Waals surface area contributed by atoms with Crippen molar-refractivity contribution in [2.45, 2.75) is 6.61 Å². The highest BCUT2D eigenvalue weighted by molar-refractivity contribution is 8.18. The lowest BCUT2D eigenvalue weighted by Crippen LogP contribution is -2.19. The smallest absolute Gasteiger partial charge is 0.264 e. The maximum atomic E-state index is 12.4. The maximum absolute atomic E-state index is 12.4. The summed E-state index contributed by atoms with van der Waals surface area (Å²) in [6.45, 7) is 0.491. The fraction of sp³-hybridized carbons (Fsp3) is 0.0714. The van der Waals surface area contributed by atoms with Gasteiger partial charge in [-0.05, 0) is 76.1 Å². The number of methoxy groups -OCH3 is 1. The number of ether oxygens (including phenoxy) is 2. The number of fused-ring (bicyclic) bond motifs is 1. The molecule has 34 heavy (non-hydrogen) atoms. The third kappa shape index (κ3) is 4.97. The molecule has 1 amide bonds. The van der Waals surface area contributed by atoms with Crippen LogP contribution < -0.4 is 14.8 Å². The molecule has 1 heterocycles. The first-order valence-corrected chi connectivity index (χ1v) is 11.6. The number of thioether (sulfide) groups is 1. The zero-order valence-electron chi connectivity index (χ0n) is 18.5. The minimum absolute atomic E-state index is 0.159. The average Bonchev–Trinajstić information content (AvgIpc) is 3.22. The SMILES string of the molecule is COc1ccc(N=C2NC(=O)C(=Cc3ccc(OCc4cccc5ccccc45)cc3)S2)cc1. The van der Waals surface area contributed by atoms with E-state index >= 15 is 0 Å². The Bertz CT molecular complexity index is 1390. The first kappa shape index (κ1) is 21.8. The van der Waals surface area contributed by atoms with Crippen molar-refractivity contribution in [3.63, 3.8) is 0 Å². The molecule has 5 nitrogen and oxygen atoms in total. The summed E-state index contributed by atoms with van der Waals surface area (Å²) in [5.41, 5.74) is 2.81. The number of benzene rings is 4. The van der Waals surface area contributed by atoms with Crippen LogP contribution in [0, 0.1) is 0 Å². The van der Waals surface area contributed by atoms with Gasteiger partial charge >= 0.3 is 0 Å². The number of aliphatic imine (C=N–C) groups is 1. The largest absolute Gasteiger partial charge is 0.497 e. The summed E-state index contributed by atoms with van der Waals surface area (Å²) in [5.74, 6) is 1.38. The van der Waals surface area contributed by atoms with Gasteiger partial charge in [-0.15, -0.1) is 0 Å². The van der Waals surface area contributed by atoms with Gasteiger partial charge in [0.25, 0.3) is 5.91 Å². The normalized spacial score (nSPS) is 15.6. The Morgan fingerprint density at radius 3 is 2.41 bits per heavy atom. The highest BCUT2D eigenvalue weighted by Gasteiger charge is 2.23. The van der Waals surface area contributed by atoms with E-state index in [2.05, 4.69) is 34.6 Å². The lowest BCUT2D eigenvalue weighted by atomic mass is 10.1. The number of carbonyl (C=O) groups excluding carboxylic acids is 1.